The molecule has 16 heavy (non-hydrogen) atoms. The van der Waals surface area contributed by atoms with E-state index in [1.54, 1.807) is 0 Å². The predicted molar refractivity (Wildman–Crippen MR) is 62.2 cm³/mol. The molecule has 0 aliphatic carbocycles. The minimum Gasteiger partial charge on any atom is -0.396 e. The van der Waals surface area contributed by atoms with Gasteiger partial charge in [0.05, 0.1) is 12.5 Å². The first-order chi connectivity index (χ1) is 7.83. The first-order valence-corrected chi connectivity index (χ1v) is 6.32. The second-order valence-corrected chi connectivity index (χ2v) is 4.33. The van der Waals surface area contributed by atoms with E-state index in [0.717, 1.165) is 51.7 Å². The molecule has 0 aromatic carbocycles. The molecule has 94 valence electrons. The molecule has 0 spiro atoms. The summed E-state index contributed by atoms with van der Waals surface area (Å²) in [7, 11) is 0. The van der Waals surface area contributed by atoms with Crippen LogP contribution in [0.1, 0.15) is 44.9 Å². The summed E-state index contributed by atoms with van der Waals surface area (Å²) in [4.78, 5) is 11.5. The number of unbranched alkanes of at least 4 members (excludes halogenated alkanes) is 3. The van der Waals surface area contributed by atoms with Crippen LogP contribution in [0.2, 0.25) is 0 Å². The molecule has 0 aromatic heterocycles. The molecule has 1 rings (SSSR count). The van der Waals surface area contributed by atoms with Gasteiger partial charge in [0, 0.05) is 19.8 Å². The highest BCUT2D eigenvalue weighted by molar-refractivity contribution is 5.76. The lowest BCUT2D eigenvalue weighted by Gasteiger charge is -2.09. The number of carbonyl (C=O) groups is 1. The number of aliphatic hydroxyl groups excluding tert-OH is 1. The van der Waals surface area contributed by atoms with Crippen molar-refractivity contribution < 1.29 is 14.6 Å². The zero-order valence-corrected chi connectivity index (χ0v) is 9.91. The lowest BCUT2D eigenvalue weighted by Crippen LogP contribution is -2.28. The van der Waals surface area contributed by atoms with Crippen molar-refractivity contribution in [3.8, 4) is 0 Å². The van der Waals surface area contributed by atoms with Crippen LogP contribution in [0.5, 0.6) is 0 Å². The molecule has 0 radical (unpaired) electrons. The van der Waals surface area contributed by atoms with E-state index in [-0.39, 0.29) is 18.6 Å². The van der Waals surface area contributed by atoms with Crippen LogP contribution in [0.3, 0.4) is 0 Å². The van der Waals surface area contributed by atoms with Crippen molar-refractivity contribution in [1.29, 1.82) is 0 Å². The Morgan fingerprint density at radius 1 is 1.31 bits per heavy atom. The van der Waals surface area contributed by atoms with Gasteiger partial charge in [-0.05, 0) is 25.7 Å². The Kier molecular flexibility index (Phi) is 7.17. The maximum absolute atomic E-state index is 11.5. The number of nitrogens with one attached hydrogen (secondary N) is 1. The maximum Gasteiger partial charge on any atom is 0.222 e. The van der Waals surface area contributed by atoms with Crippen LogP contribution in [0.4, 0.5) is 0 Å². The van der Waals surface area contributed by atoms with E-state index in [1.165, 1.54) is 0 Å². The third kappa shape index (κ3) is 6.08. The Labute approximate surface area is 97.4 Å². The van der Waals surface area contributed by atoms with Crippen LogP contribution in [0.15, 0.2) is 0 Å². The largest absolute Gasteiger partial charge is 0.396 e. The zero-order valence-electron chi connectivity index (χ0n) is 9.91. The van der Waals surface area contributed by atoms with Crippen LogP contribution in [0.25, 0.3) is 0 Å². The van der Waals surface area contributed by atoms with Crippen LogP contribution in [0, 0.1) is 0 Å². The zero-order chi connectivity index (χ0) is 11.6. The smallest absolute Gasteiger partial charge is 0.222 e. The molecule has 1 unspecified atom stereocenters. The second kappa shape index (κ2) is 8.53. The van der Waals surface area contributed by atoms with Crippen LogP contribution < -0.4 is 5.32 Å². The van der Waals surface area contributed by atoms with E-state index in [1.807, 2.05) is 0 Å². The topological polar surface area (TPSA) is 58.6 Å². The molecule has 1 aliphatic rings. The number of hydrogen-bond acceptors (Lipinski definition) is 3. The summed E-state index contributed by atoms with van der Waals surface area (Å²) < 4.78 is 5.39. The quantitative estimate of drug-likeness (QED) is 0.615. The number of ether oxygens (including phenoxy) is 1. The Morgan fingerprint density at radius 2 is 2.12 bits per heavy atom. The molecule has 0 aromatic rings. The van der Waals surface area contributed by atoms with Gasteiger partial charge >= 0.3 is 0 Å². The summed E-state index contributed by atoms with van der Waals surface area (Å²) in [6, 6.07) is 0. The molecule has 1 saturated heterocycles. The van der Waals surface area contributed by atoms with Crippen molar-refractivity contribution in [2.75, 3.05) is 19.8 Å². The molecule has 1 aliphatic heterocycles. The summed E-state index contributed by atoms with van der Waals surface area (Å²) in [6.45, 7) is 1.82. The molecule has 1 fully saturated rings. The number of hydrogen-bond donors (Lipinski definition) is 2. The van der Waals surface area contributed by atoms with Gasteiger partial charge in [-0.15, -0.1) is 0 Å². The summed E-state index contributed by atoms with van der Waals surface area (Å²) in [5.74, 6) is 0.106. The van der Waals surface area contributed by atoms with E-state index >= 15 is 0 Å². The lowest BCUT2D eigenvalue weighted by molar-refractivity contribution is -0.123. The molecule has 1 amide bonds. The summed E-state index contributed by atoms with van der Waals surface area (Å²) >= 11 is 0. The number of rotatable bonds is 8. The van der Waals surface area contributed by atoms with E-state index in [0.29, 0.717) is 6.42 Å². The highest BCUT2D eigenvalue weighted by atomic mass is 16.5. The Balaban J connectivity index is 1.89. The van der Waals surface area contributed by atoms with Gasteiger partial charge < -0.3 is 15.2 Å². The third-order valence-corrected chi connectivity index (χ3v) is 2.84. The molecule has 0 saturated carbocycles. The van der Waals surface area contributed by atoms with Crippen molar-refractivity contribution in [2.24, 2.45) is 0 Å². The molecule has 4 heteroatoms. The fourth-order valence-corrected chi connectivity index (χ4v) is 1.90. The highest BCUT2D eigenvalue weighted by Crippen LogP contribution is 2.14. The molecule has 2 N–H and O–H groups in total. The van der Waals surface area contributed by atoms with Gasteiger partial charge in [-0.25, -0.2) is 0 Å². The van der Waals surface area contributed by atoms with E-state index in [2.05, 4.69) is 5.32 Å². The van der Waals surface area contributed by atoms with Crippen molar-refractivity contribution in [3.63, 3.8) is 0 Å². The SMILES string of the molecule is O=C(CC1CCCO1)NCCCCCCO. The van der Waals surface area contributed by atoms with Crippen LogP contribution in [-0.4, -0.2) is 36.9 Å². The highest BCUT2D eigenvalue weighted by Gasteiger charge is 2.18. The first-order valence-electron chi connectivity index (χ1n) is 6.32. The van der Waals surface area contributed by atoms with Gasteiger partial charge in [-0.1, -0.05) is 12.8 Å². The predicted octanol–water partition coefficient (Wildman–Crippen LogP) is 1.22. The number of amides is 1. The normalized spacial score (nSPS) is 19.9. The monoisotopic (exact) mass is 229 g/mol. The summed E-state index contributed by atoms with van der Waals surface area (Å²) in [5, 5.41) is 11.5. The van der Waals surface area contributed by atoms with Crippen molar-refractivity contribution in [2.45, 2.75) is 51.0 Å². The van der Waals surface area contributed by atoms with E-state index in [9.17, 15) is 4.79 Å². The van der Waals surface area contributed by atoms with Gasteiger partial charge in [-0.3, -0.25) is 4.79 Å². The number of aliphatic hydroxyl groups is 1. The summed E-state index contributed by atoms with van der Waals surface area (Å²) in [5.41, 5.74) is 0. The van der Waals surface area contributed by atoms with Gasteiger partial charge in [0.2, 0.25) is 5.91 Å². The van der Waals surface area contributed by atoms with E-state index in [4.69, 9.17) is 9.84 Å². The average molecular weight is 229 g/mol. The minimum absolute atomic E-state index is 0.106. The second-order valence-electron chi connectivity index (χ2n) is 4.33. The lowest BCUT2D eigenvalue weighted by atomic mass is 10.1. The number of carbonyl (C=O) groups excluding carboxylic acids is 1. The molecule has 1 heterocycles. The van der Waals surface area contributed by atoms with Crippen molar-refractivity contribution in [1.82, 2.24) is 5.32 Å². The molecule has 1 atom stereocenters. The fourth-order valence-electron chi connectivity index (χ4n) is 1.90. The first kappa shape index (κ1) is 13.5. The van der Waals surface area contributed by atoms with Gasteiger partial charge in [0.15, 0.2) is 0 Å². The Hall–Kier alpha value is -0.610. The van der Waals surface area contributed by atoms with Crippen LogP contribution >= 0.6 is 0 Å². The summed E-state index contributed by atoms with van der Waals surface area (Å²) in [6.07, 6.45) is 6.73. The molecular weight excluding hydrogens is 206 g/mol. The molecule has 0 bridgehead atoms. The minimum atomic E-state index is 0.106. The van der Waals surface area contributed by atoms with Gasteiger partial charge in [0.25, 0.3) is 0 Å². The van der Waals surface area contributed by atoms with Gasteiger partial charge in [0.1, 0.15) is 0 Å². The third-order valence-electron chi connectivity index (χ3n) is 2.84. The standard InChI is InChI=1S/C12H23NO3/c14-8-4-2-1-3-7-13-12(15)10-11-6-5-9-16-11/h11,14H,1-10H2,(H,13,15). The molecular formula is C12H23NO3. The van der Waals surface area contributed by atoms with Crippen molar-refractivity contribution >= 4 is 5.91 Å². The van der Waals surface area contributed by atoms with Crippen molar-refractivity contribution in [3.05, 3.63) is 0 Å². The Morgan fingerprint density at radius 3 is 2.81 bits per heavy atom. The maximum atomic E-state index is 11.5. The fraction of sp³-hybridized carbons (Fsp3) is 0.917. The van der Waals surface area contributed by atoms with E-state index < -0.39 is 0 Å². The van der Waals surface area contributed by atoms with Crippen LogP contribution in [-0.2, 0) is 9.53 Å². The average Bonchev–Trinajstić information content (AvgIpc) is 2.76. The molecule has 4 nitrogen and oxygen atoms in total. The van der Waals surface area contributed by atoms with Gasteiger partial charge in [-0.2, -0.15) is 0 Å². The Bertz CT molecular complexity index is 191.